The van der Waals surface area contributed by atoms with Crippen LogP contribution in [0.4, 0.5) is 0 Å². The van der Waals surface area contributed by atoms with Crippen LogP contribution in [0.5, 0.6) is 11.6 Å². The maximum absolute atomic E-state index is 12.6. The van der Waals surface area contributed by atoms with Crippen molar-refractivity contribution in [2.24, 2.45) is 5.73 Å². The highest BCUT2D eigenvalue weighted by molar-refractivity contribution is 6.30. The average Bonchev–Trinajstić information content (AvgIpc) is 2.69. The first-order valence-corrected chi connectivity index (χ1v) is 9.00. The third-order valence-electron chi connectivity index (χ3n) is 4.58. The molecule has 0 saturated carbocycles. The number of nitrogens with zero attached hydrogens (tertiary/aromatic N) is 2. The Labute approximate surface area is 161 Å². The molecule has 7 nitrogen and oxygen atoms in total. The van der Waals surface area contributed by atoms with Gasteiger partial charge in [0.25, 0.3) is 11.8 Å². The molecule has 1 aliphatic rings. The summed E-state index contributed by atoms with van der Waals surface area (Å²) in [5.41, 5.74) is 6.64. The van der Waals surface area contributed by atoms with E-state index in [0.717, 1.165) is 18.4 Å². The molecule has 0 atom stereocenters. The lowest BCUT2D eigenvalue weighted by Gasteiger charge is -2.32. The third kappa shape index (κ3) is 4.56. The minimum Gasteiger partial charge on any atom is -0.503 e. The molecule has 1 aliphatic heterocycles. The summed E-state index contributed by atoms with van der Waals surface area (Å²) in [4.78, 5) is 29.6. The number of carbonyl (C=O) groups excluding carboxylic acids is 2. The molecule has 27 heavy (non-hydrogen) atoms. The Hall–Kier alpha value is -2.64. The van der Waals surface area contributed by atoms with E-state index in [0.29, 0.717) is 23.7 Å². The number of amides is 1. The van der Waals surface area contributed by atoms with Crippen LogP contribution in [0.1, 0.15) is 34.7 Å². The zero-order chi connectivity index (χ0) is 19.4. The lowest BCUT2D eigenvalue weighted by atomic mass is 9.90. The van der Waals surface area contributed by atoms with E-state index >= 15 is 0 Å². The number of piperidine rings is 1. The van der Waals surface area contributed by atoms with Crippen LogP contribution in [0.3, 0.4) is 0 Å². The molecule has 1 amide bonds. The van der Waals surface area contributed by atoms with Crippen LogP contribution >= 0.6 is 11.6 Å². The predicted molar refractivity (Wildman–Crippen MR) is 99.9 cm³/mol. The minimum atomic E-state index is -0.667. The van der Waals surface area contributed by atoms with Crippen molar-refractivity contribution in [2.45, 2.75) is 18.8 Å². The van der Waals surface area contributed by atoms with Gasteiger partial charge in [-0.3, -0.25) is 9.59 Å². The van der Waals surface area contributed by atoms with Crippen molar-refractivity contribution in [3.63, 3.8) is 0 Å². The number of ether oxygens (including phenoxy) is 1. The highest BCUT2D eigenvalue weighted by Crippen LogP contribution is 2.33. The second-order valence-electron chi connectivity index (χ2n) is 6.34. The normalized spacial score (nSPS) is 14.8. The lowest BCUT2D eigenvalue weighted by molar-refractivity contribution is -0.133. The van der Waals surface area contributed by atoms with E-state index in [1.807, 2.05) is 4.90 Å². The molecule has 1 saturated heterocycles. The summed E-state index contributed by atoms with van der Waals surface area (Å²) < 4.78 is 4.86. The minimum absolute atomic E-state index is 0.0184. The fourth-order valence-corrected chi connectivity index (χ4v) is 3.22. The molecule has 8 heteroatoms. The number of aromatic hydroxyl groups is 1. The molecule has 2 aromatic rings. The molecule has 0 bridgehead atoms. The molecule has 1 aromatic carbocycles. The summed E-state index contributed by atoms with van der Waals surface area (Å²) in [6.07, 6.45) is 3.09. The SMILES string of the molecule is NCC(=O)Oc1ncc(C2CCN(C(=O)c3ccc(Cl)cc3)CC2)cc1O. The molecule has 0 radical (unpaired) electrons. The average molecular weight is 390 g/mol. The molecule has 2 heterocycles. The summed E-state index contributed by atoms with van der Waals surface area (Å²) in [5.74, 6) is -0.870. The summed E-state index contributed by atoms with van der Waals surface area (Å²) in [6.45, 7) is 0.927. The van der Waals surface area contributed by atoms with E-state index in [2.05, 4.69) is 4.98 Å². The first-order chi connectivity index (χ1) is 13.0. The number of pyridine rings is 1. The number of halogens is 1. The van der Waals surface area contributed by atoms with Gasteiger partial charge in [-0.15, -0.1) is 0 Å². The van der Waals surface area contributed by atoms with Gasteiger partial charge in [-0.05, 0) is 54.7 Å². The highest BCUT2D eigenvalue weighted by Gasteiger charge is 2.25. The van der Waals surface area contributed by atoms with Crippen molar-refractivity contribution in [3.05, 3.63) is 52.7 Å². The fourth-order valence-electron chi connectivity index (χ4n) is 3.10. The second kappa shape index (κ2) is 8.37. The molecule has 1 aromatic heterocycles. The number of hydrogen-bond donors (Lipinski definition) is 2. The van der Waals surface area contributed by atoms with E-state index < -0.39 is 5.97 Å². The van der Waals surface area contributed by atoms with Crippen molar-refractivity contribution in [1.82, 2.24) is 9.88 Å². The van der Waals surface area contributed by atoms with Crippen molar-refractivity contribution in [2.75, 3.05) is 19.6 Å². The van der Waals surface area contributed by atoms with Gasteiger partial charge in [0.15, 0.2) is 5.75 Å². The van der Waals surface area contributed by atoms with Crippen LogP contribution in [-0.2, 0) is 4.79 Å². The summed E-state index contributed by atoms with van der Waals surface area (Å²) >= 11 is 5.86. The van der Waals surface area contributed by atoms with Crippen LogP contribution in [-0.4, -0.2) is 46.5 Å². The molecular formula is C19H20ClN3O4. The number of rotatable bonds is 4. The van der Waals surface area contributed by atoms with Gasteiger partial charge in [-0.1, -0.05) is 11.6 Å². The molecule has 1 fully saturated rings. The van der Waals surface area contributed by atoms with Crippen LogP contribution in [0.25, 0.3) is 0 Å². The van der Waals surface area contributed by atoms with E-state index in [1.165, 1.54) is 0 Å². The van der Waals surface area contributed by atoms with Gasteiger partial charge >= 0.3 is 5.97 Å². The zero-order valence-electron chi connectivity index (χ0n) is 14.6. The largest absolute Gasteiger partial charge is 0.503 e. The van der Waals surface area contributed by atoms with Gasteiger partial charge in [0.2, 0.25) is 0 Å². The smallest absolute Gasteiger partial charge is 0.326 e. The Morgan fingerprint density at radius 1 is 1.26 bits per heavy atom. The van der Waals surface area contributed by atoms with E-state index in [9.17, 15) is 14.7 Å². The van der Waals surface area contributed by atoms with E-state index in [4.69, 9.17) is 22.1 Å². The van der Waals surface area contributed by atoms with Gasteiger partial charge in [0.05, 0.1) is 6.54 Å². The van der Waals surface area contributed by atoms with E-state index in [1.54, 1.807) is 36.5 Å². The Morgan fingerprint density at radius 2 is 1.93 bits per heavy atom. The van der Waals surface area contributed by atoms with Gasteiger partial charge in [-0.2, -0.15) is 0 Å². The number of hydrogen-bond acceptors (Lipinski definition) is 6. The summed E-state index contributed by atoms with van der Waals surface area (Å²) in [5, 5.41) is 10.6. The molecule has 3 rings (SSSR count). The topological polar surface area (TPSA) is 106 Å². The quantitative estimate of drug-likeness (QED) is 0.777. The molecule has 142 valence electrons. The number of esters is 1. The Bertz CT molecular complexity index is 833. The monoisotopic (exact) mass is 389 g/mol. The lowest BCUT2D eigenvalue weighted by Crippen LogP contribution is -2.37. The number of likely N-dealkylation sites (tertiary alicyclic amines) is 1. The zero-order valence-corrected chi connectivity index (χ0v) is 15.4. The van der Waals surface area contributed by atoms with Crippen LogP contribution in [0.15, 0.2) is 36.5 Å². The fraction of sp³-hybridized carbons (Fsp3) is 0.316. The van der Waals surface area contributed by atoms with Gasteiger partial charge < -0.3 is 20.5 Å². The Kier molecular flexibility index (Phi) is 5.93. The third-order valence-corrected chi connectivity index (χ3v) is 4.83. The van der Waals surface area contributed by atoms with Gasteiger partial charge in [0.1, 0.15) is 0 Å². The number of carbonyl (C=O) groups is 2. The predicted octanol–water partition coefficient (Wildman–Crippen LogP) is 2.32. The number of nitrogens with two attached hydrogens (primary N) is 1. The molecule has 0 aliphatic carbocycles. The van der Waals surface area contributed by atoms with Crippen molar-refractivity contribution in [1.29, 1.82) is 0 Å². The maximum atomic E-state index is 12.6. The van der Waals surface area contributed by atoms with Crippen molar-refractivity contribution < 1.29 is 19.4 Å². The van der Waals surface area contributed by atoms with Gasteiger partial charge in [-0.25, -0.2) is 4.98 Å². The maximum Gasteiger partial charge on any atom is 0.326 e. The van der Waals surface area contributed by atoms with E-state index in [-0.39, 0.29) is 30.0 Å². The standard InChI is InChI=1S/C19H20ClN3O4/c20-15-3-1-13(2-4-15)19(26)23-7-5-12(6-8-23)14-9-16(24)18(22-11-14)27-17(25)10-21/h1-4,9,11-12,24H,5-8,10,21H2. The summed E-state index contributed by atoms with van der Waals surface area (Å²) in [6, 6.07) is 8.40. The molecular weight excluding hydrogens is 370 g/mol. The first-order valence-electron chi connectivity index (χ1n) is 8.62. The van der Waals surface area contributed by atoms with Gasteiger partial charge in [0, 0.05) is 29.9 Å². The first kappa shape index (κ1) is 19.1. The van der Waals surface area contributed by atoms with Crippen LogP contribution in [0.2, 0.25) is 5.02 Å². The number of benzene rings is 1. The molecule has 0 unspecified atom stereocenters. The van der Waals surface area contributed by atoms with Crippen LogP contribution < -0.4 is 10.5 Å². The van der Waals surface area contributed by atoms with Crippen LogP contribution in [0, 0.1) is 0 Å². The number of aromatic nitrogens is 1. The molecule has 0 spiro atoms. The Balaban J connectivity index is 1.62. The second-order valence-corrected chi connectivity index (χ2v) is 6.78. The van der Waals surface area contributed by atoms with Crippen molar-refractivity contribution in [3.8, 4) is 11.6 Å². The Morgan fingerprint density at radius 3 is 2.52 bits per heavy atom. The van der Waals surface area contributed by atoms with Crippen molar-refractivity contribution >= 4 is 23.5 Å². The summed E-state index contributed by atoms with van der Waals surface area (Å²) in [7, 11) is 0. The highest BCUT2D eigenvalue weighted by atomic mass is 35.5. The molecule has 3 N–H and O–H groups in total.